The van der Waals surface area contributed by atoms with Gasteiger partial charge in [-0.15, -0.1) is 6.58 Å². The molecular weight excluding hydrogens is 363 g/mol. The summed E-state index contributed by atoms with van der Waals surface area (Å²) in [7, 11) is 4.51. The lowest BCUT2D eigenvalue weighted by Crippen LogP contribution is -2.33. The van der Waals surface area contributed by atoms with Crippen molar-refractivity contribution in [3.05, 3.63) is 60.4 Å². The molecule has 0 radical (unpaired) electrons. The lowest BCUT2D eigenvalue weighted by atomic mass is 10.2. The van der Waals surface area contributed by atoms with Crippen molar-refractivity contribution >= 4 is 11.6 Å². The average molecular weight is 388 g/mol. The smallest absolute Gasteiger partial charge is 0.238 e. The molecule has 0 atom stereocenters. The largest absolute Gasteiger partial charge is 0.493 e. The van der Waals surface area contributed by atoms with Crippen molar-refractivity contribution in [2.45, 2.75) is 6.54 Å². The molecule has 0 fully saturated rings. The van der Waals surface area contributed by atoms with E-state index in [1.165, 1.54) is 27.4 Å². The lowest BCUT2D eigenvalue weighted by molar-refractivity contribution is -0.117. The van der Waals surface area contributed by atoms with Gasteiger partial charge in [0, 0.05) is 36.5 Å². The molecule has 2 rings (SSSR count). The van der Waals surface area contributed by atoms with Crippen LogP contribution in [0.5, 0.6) is 17.2 Å². The van der Waals surface area contributed by atoms with Gasteiger partial charge in [0.1, 0.15) is 5.82 Å². The van der Waals surface area contributed by atoms with Gasteiger partial charge in [0.05, 0.1) is 27.9 Å². The maximum Gasteiger partial charge on any atom is 0.238 e. The zero-order valence-electron chi connectivity index (χ0n) is 16.3. The fourth-order valence-electron chi connectivity index (χ4n) is 2.79. The van der Waals surface area contributed by atoms with Crippen molar-refractivity contribution in [3.8, 4) is 17.2 Å². The molecule has 0 aliphatic carbocycles. The molecule has 0 saturated heterocycles. The number of halogens is 1. The van der Waals surface area contributed by atoms with E-state index in [1.54, 1.807) is 41.3 Å². The monoisotopic (exact) mass is 388 g/mol. The summed E-state index contributed by atoms with van der Waals surface area (Å²) in [4.78, 5) is 14.3. The molecule has 2 aromatic carbocycles. The van der Waals surface area contributed by atoms with Gasteiger partial charge in [0.2, 0.25) is 11.7 Å². The predicted molar refractivity (Wildman–Crippen MR) is 107 cm³/mol. The Hall–Kier alpha value is -3.06. The molecule has 1 N–H and O–H groups in total. The van der Waals surface area contributed by atoms with Crippen LogP contribution in [0.4, 0.5) is 10.1 Å². The van der Waals surface area contributed by atoms with E-state index in [1.807, 2.05) is 0 Å². The van der Waals surface area contributed by atoms with Crippen LogP contribution in [-0.4, -0.2) is 45.2 Å². The number of carbonyl (C=O) groups excluding carboxylic acids is 1. The third-order valence-corrected chi connectivity index (χ3v) is 4.05. The standard InChI is InChI=1S/C21H25FN2O4/c1-5-10-24(13-15-8-6-7-9-17(15)22)14-20(25)23-16-11-18(26-2)21(28-4)19(12-16)27-3/h5-9,11-12H,1,10,13-14H2,2-4H3,(H,23,25). The summed E-state index contributed by atoms with van der Waals surface area (Å²) in [5.74, 6) is 0.753. The summed E-state index contributed by atoms with van der Waals surface area (Å²) in [6.45, 7) is 4.51. The third-order valence-electron chi connectivity index (χ3n) is 4.05. The van der Waals surface area contributed by atoms with Gasteiger partial charge in [-0.25, -0.2) is 4.39 Å². The fraction of sp³-hybridized carbons (Fsp3) is 0.286. The SMILES string of the molecule is C=CCN(CC(=O)Nc1cc(OC)c(OC)c(OC)c1)Cc1ccccc1F. The van der Waals surface area contributed by atoms with Crippen molar-refractivity contribution in [1.29, 1.82) is 0 Å². The van der Waals surface area contributed by atoms with Gasteiger partial charge in [-0.3, -0.25) is 9.69 Å². The van der Waals surface area contributed by atoms with Crippen molar-refractivity contribution < 1.29 is 23.4 Å². The number of amides is 1. The van der Waals surface area contributed by atoms with Crippen LogP contribution in [0, 0.1) is 5.82 Å². The molecule has 28 heavy (non-hydrogen) atoms. The number of methoxy groups -OCH3 is 3. The van der Waals surface area contributed by atoms with E-state index in [0.29, 0.717) is 41.6 Å². The molecule has 0 heterocycles. The second-order valence-corrected chi connectivity index (χ2v) is 6.01. The molecule has 2 aromatic rings. The van der Waals surface area contributed by atoms with Gasteiger partial charge in [-0.1, -0.05) is 24.3 Å². The molecule has 0 unspecified atom stereocenters. The van der Waals surface area contributed by atoms with Gasteiger partial charge < -0.3 is 19.5 Å². The lowest BCUT2D eigenvalue weighted by Gasteiger charge is -2.21. The maximum atomic E-state index is 13.9. The van der Waals surface area contributed by atoms with Gasteiger partial charge in [0.15, 0.2) is 11.5 Å². The molecule has 150 valence electrons. The Morgan fingerprint density at radius 3 is 2.32 bits per heavy atom. The molecule has 0 aliphatic heterocycles. The number of ether oxygens (including phenoxy) is 3. The Balaban J connectivity index is 2.12. The topological polar surface area (TPSA) is 60.0 Å². The predicted octanol–water partition coefficient (Wildman–Crippen LogP) is 3.48. The van der Waals surface area contributed by atoms with Crippen LogP contribution >= 0.6 is 0 Å². The number of carbonyl (C=O) groups is 1. The Labute approximate surface area is 164 Å². The van der Waals surface area contributed by atoms with Crippen molar-refractivity contribution in [1.82, 2.24) is 4.90 Å². The van der Waals surface area contributed by atoms with Crippen LogP contribution in [0.1, 0.15) is 5.56 Å². The summed E-state index contributed by atoms with van der Waals surface area (Å²) in [5, 5.41) is 2.81. The minimum absolute atomic E-state index is 0.0665. The quantitative estimate of drug-likeness (QED) is 0.632. The number of nitrogens with one attached hydrogen (secondary N) is 1. The minimum Gasteiger partial charge on any atom is -0.493 e. The highest BCUT2D eigenvalue weighted by atomic mass is 19.1. The Morgan fingerprint density at radius 1 is 1.14 bits per heavy atom. The molecule has 1 amide bonds. The third kappa shape index (κ3) is 5.47. The second kappa shape index (κ2) is 10.3. The first-order valence-corrected chi connectivity index (χ1v) is 8.68. The number of rotatable bonds is 10. The molecule has 7 heteroatoms. The molecule has 0 saturated carbocycles. The zero-order valence-corrected chi connectivity index (χ0v) is 16.3. The molecule has 0 aliphatic rings. The van der Waals surface area contributed by atoms with Gasteiger partial charge in [-0.2, -0.15) is 0 Å². The minimum atomic E-state index is -0.304. The second-order valence-electron chi connectivity index (χ2n) is 6.01. The summed E-state index contributed by atoms with van der Waals surface area (Å²) in [6, 6.07) is 9.79. The number of hydrogen-bond acceptors (Lipinski definition) is 5. The highest BCUT2D eigenvalue weighted by Crippen LogP contribution is 2.39. The van der Waals surface area contributed by atoms with E-state index in [9.17, 15) is 9.18 Å². The molecule has 0 bridgehead atoms. The summed E-state index contributed by atoms with van der Waals surface area (Å²) < 4.78 is 29.8. The number of nitrogens with zero attached hydrogens (tertiary/aromatic N) is 1. The van der Waals surface area contributed by atoms with Crippen molar-refractivity contribution in [3.63, 3.8) is 0 Å². The van der Waals surface area contributed by atoms with Gasteiger partial charge >= 0.3 is 0 Å². The van der Waals surface area contributed by atoms with Gasteiger partial charge in [-0.05, 0) is 6.07 Å². The first kappa shape index (κ1) is 21.2. The molecule has 6 nitrogen and oxygen atoms in total. The summed E-state index contributed by atoms with van der Waals surface area (Å²) in [5.41, 5.74) is 1.02. The normalized spacial score (nSPS) is 10.5. The van der Waals surface area contributed by atoms with E-state index >= 15 is 0 Å². The number of hydrogen-bond donors (Lipinski definition) is 1. The van der Waals surface area contributed by atoms with E-state index in [2.05, 4.69) is 11.9 Å². The van der Waals surface area contributed by atoms with Crippen LogP contribution < -0.4 is 19.5 Å². The van der Waals surface area contributed by atoms with Gasteiger partial charge in [0.25, 0.3) is 0 Å². The Bertz CT molecular complexity index is 801. The van der Waals surface area contributed by atoms with Crippen LogP contribution in [-0.2, 0) is 11.3 Å². The number of benzene rings is 2. The van der Waals surface area contributed by atoms with E-state index in [-0.39, 0.29) is 18.3 Å². The fourth-order valence-corrected chi connectivity index (χ4v) is 2.79. The van der Waals surface area contributed by atoms with Crippen LogP contribution in [0.25, 0.3) is 0 Å². The van der Waals surface area contributed by atoms with Crippen LogP contribution in [0.2, 0.25) is 0 Å². The average Bonchev–Trinajstić information content (AvgIpc) is 2.68. The zero-order chi connectivity index (χ0) is 20.5. The van der Waals surface area contributed by atoms with E-state index in [0.717, 1.165) is 0 Å². The molecule has 0 aromatic heterocycles. The number of anilines is 1. The van der Waals surface area contributed by atoms with Crippen LogP contribution in [0.3, 0.4) is 0 Å². The maximum absolute atomic E-state index is 13.9. The molecule has 0 spiro atoms. The summed E-state index contributed by atoms with van der Waals surface area (Å²) in [6.07, 6.45) is 1.67. The summed E-state index contributed by atoms with van der Waals surface area (Å²) >= 11 is 0. The van der Waals surface area contributed by atoms with Crippen LogP contribution in [0.15, 0.2) is 49.1 Å². The van der Waals surface area contributed by atoms with Crippen molar-refractivity contribution in [2.24, 2.45) is 0 Å². The molecular formula is C21H25FN2O4. The van der Waals surface area contributed by atoms with E-state index < -0.39 is 0 Å². The first-order chi connectivity index (χ1) is 13.5. The first-order valence-electron chi connectivity index (χ1n) is 8.68. The van der Waals surface area contributed by atoms with E-state index in [4.69, 9.17) is 14.2 Å². The highest BCUT2D eigenvalue weighted by Gasteiger charge is 2.16. The highest BCUT2D eigenvalue weighted by molar-refractivity contribution is 5.93. The Morgan fingerprint density at radius 2 is 1.79 bits per heavy atom. The van der Waals surface area contributed by atoms with Crippen molar-refractivity contribution in [2.75, 3.05) is 39.7 Å². The Kier molecular flexibility index (Phi) is 7.83.